The monoisotopic (exact) mass is 554 g/mol. The van der Waals surface area contributed by atoms with E-state index in [1.54, 1.807) is 48.7 Å². The van der Waals surface area contributed by atoms with Crippen LogP contribution in [-0.2, 0) is 21.4 Å². The summed E-state index contributed by atoms with van der Waals surface area (Å²) in [4.78, 5) is 16.6. The van der Waals surface area contributed by atoms with Crippen LogP contribution in [0.5, 0.6) is 0 Å². The van der Waals surface area contributed by atoms with Crippen LogP contribution in [0.25, 0.3) is 0 Å². The smallest absolute Gasteiger partial charge is 0.255 e. The second-order valence-electron chi connectivity index (χ2n) is 6.51. The van der Waals surface area contributed by atoms with Crippen molar-refractivity contribution < 1.29 is 13.2 Å². The molecule has 0 aliphatic carbocycles. The first-order chi connectivity index (χ1) is 15.3. The number of benzene rings is 2. The van der Waals surface area contributed by atoms with Crippen LogP contribution in [-0.4, -0.2) is 36.4 Å². The molecule has 166 valence electrons. The molecule has 0 unspecified atom stereocenters. The van der Waals surface area contributed by atoms with Gasteiger partial charge in [-0.25, -0.2) is 13.8 Å². The van der Waals surface area contributed by atoms with Crippen molar-refractivity contribution in [1.29, 1.82) is 0 Å². The lowest BCUT2D eigenvalue weighted by Gasteiger charge is -2.22. The molecule has 0 aliphatic rings. The maximum Gasteiger partial charge on any atom is 0.255 e. The standard InChI is InChI=1S/C21H17BrCl2N4O3S/c22-16-5-8-19(9-6-16)32(30,31)28(13-15-4-7-17(23)11-20(15)24)14-21(29)27-26-12-18-3-1-2-10-25-18/h1-12H,13-14H2,(H,27,29)/b26-12+. The molecule has 3 aromatic rings. The minimum atomic E-state index is -4.02. The number of pyridine rings is 1. The molecule has 0 saturated carbocycles. The van der Waals surface area contributed by atoms with Crippen molar-refractivity contribution in [2.24, 2.45) is 5.10 Å². The first-order valence-electron chi connectivity index (χ1n) is 9.18. The van der Waals surface area contributed by atoms with Gasteiger partial charge >= 0.3 is 0 Å². The maximum atomic E-state index is 13.3. The van der Waals surface area contributed by atoms with Gasteiger partial charge in [0.15, 0.2) is 0 Å². The van der Waals surface area contributed by atoms with Crippen LogP contribution < -0.4 is 5.43 Å². The number of halogens is 3. The second kappa shape index (κ2) is 11.0. The number of carbonyl (C=O) groups is 1. The van der Waals surface area contributed by atoms with Gasteiger partial charge in [-0.3, -0.25) is 9.78 Å². The summed E-state index contributed by atoms with van der Waals surface area (Å²) in [5.41, 5.74) is 3.37. The van der Waals surface area contributed by atoms with Crippen molar-refractivity contribution in [3.05, 3.63) is 92.6 Å². The summed E-state index contributed by atoms with van der Waals surface area (Å²) in [7, 11) is -4.02. The Morgan fingerprint density at radius 1 is 1.12 bits per heavy atom. The van der Waals surface area contributed by atoms with Crippen molar-refractivity contribution in [2.75, 3.05) is 6.54 Å². The number of rotatable bonds is 8. The summed E-state index contributed by atoms with van der Waals surface area (Å²) in [6.07, 6.45) is 2.95. The lowest BCUT2D eigenvalue weighted by molar-refractivity contribution is -0.121. The third kappa shape index (κ3) is 6.60. The van der Waals surface area contributed by atoms with Crippen LogP contribution in [0.4, 0.5) is 0 Å². The van der Waals surface area contributed by atoms with E-state index in [1.165, 1.54) is 24.4 Å². The van der Waals surface area contributed by atoms with Gasteiger partial charge in [0, 0.05) is 27.3 Å². The van der Waals surface area contributed by atoms with Gasteiger partial charge in [0.2, 0.25) is 10.0 Å². The van der Waals surface area contributed by atoms with E-state index < -0.39 is 22.5 Å². The molecule has 3 rings (SSSR count). The lowest BCUT2D eigenvalue weighted by Crippen LogP contribution is -2.39. The predicted molar refractivity (Wildman–Crippen MR) is 128 cm³/mol. The SMILES string of the molecule is O=C(CN(Cc1ccc(Cl)cc1Cl)S(=O)(=O)c1ccc(Br)cc1)N/N=C/c1ccccn1. The van der Waals surface area contributed by atoms with Crippen LogP contribution in [0.2, 0.25) is 10.0 Å². The minimum absolute atomic E-state index is 0.0376. The fourth-order valence-corrected chi connectivity index (χ4v) is 4.75. The van der Waals surface area contributed by atoms with E-state index in [0.717, 1.165) is 8.78 Å². The predicted octanol–water partition coefficient (Wildman–Crippen LogP) is 4.49. The van der Waals surface area contributed by atoms with Crippen molar-refractivity contribution in [1.82, 2.24) is 14.7 Å². The van der Waals surface area contributed by atoms with Crippen LogP contribution in [0.3, 0.4) is 0 Å². The molecule has 0 bridgehead atoms. The molecule has 0 atom stereocenters. The summed E-state index contributed by atoms with van der Waals surface area (Å²) < 4.78 is 28.3. The molecule has 0 radical (unpaired) electrons. The Hall–Kier alpha value is -2.30. The van der Waals surface area contributed by atoms with Gasteiger partial charge in [0.1, 0.15) is 0 Å². The van der Waals surface area contributed by atoms with Gasteiger partial charge in [0.25, 0.3) is 5.91 Å². The molecule has 1 amide bonds. The van der Waals surface area contributed by atoms with Crippen molar-refractivity contribution in [2.45, 2.75) is 11.4 Å². The summed E-state index contributed by atoms with van der Waals surface area (Å²) in [6, 6.07) is 16.1. The average Bonchev–Trinajstić information content (AvgIpc) is 2.76. The molecule has 7 nitrogen and oxygen atoms in total. The molecule has 11 heteroatoms. The molecule has 2 aromatic carbocycles. The summed E-state index contributed by atoms with van der Waals surface area (Å²) in [5, 5.41) is 4.55. The average molecular weight is 556 g/mol. The van der Waals surface area contributed by atoms with Crippen molar-refractivity contribution in [3.8, 4) is 0 Å². The van der Waals surface area contributed by atoms with Gasteiger partial charge in [-0.15, -0.1) is 0 Å². The van der Waals surface area contributed by atoms with Crippen molar-refractivity contribution >= 4 is 61.3 Å². The molecule has 0 fully saturated rings. The zero-order valence-corrected chi connectivity index (χ0v) is 20.4. The van der Waals surface area contributed by atoms with Gasteiger partial charge in [-0.1, -0.05) is 51.3 Å². The van der Waals surface area contributed by atoms with Crippen LogP contribution in [0, 0.1) is 0 Å². The molecule has 1 heterocycles. The Morgan fingerprint density at radius 2 is 1.88 bits per heavy atom. The van der Waals surface area contributed by atoms with E-state index in [2.05, 4.69) is 31.4 Å². The van der Waals surface area contributed by atoms with Gasteiger partial charge in [-0.2, -0.15) is 9.41 Å². The zero-order valence-electron chi connectivity index (χ0n) is 16.5. The summed E-state index contributed by atoms with van der Waals surface area (Å²) in [6.45, 7) is -0.608. The third-order valence-corrected chi connectivity index (χ3v) is 7.13. The number of hydrogen-bond acceptors (Lipinski definition) is 5. The Kier molecular flexibility index (Phi) is 8.38. The zero-order chi connectivity index (χ0) is 23.1. The molecule has 1 N–H and O–H groups in total. The lowest BCUT2D eigenvalue weighted by atomic mass is 10.2. The summed E-state index contributed by atoms with van der Waals surface area (Å²) in [5.74, 6) is -0.622. The highest BCUT2D eigenvalue weighted by atomic mass is 79.9. The Morgan fingerprint density at radius 3 is 2.53 bits per heavy atom. The van der Waals surface area contributed by atoms with E-state index in [1.807, 2.05) is 0 Å². The van der Waals surface area contributed by atoms with E-state index in [4.69, 9.17) is 23.2 Å². The second-order valence-corrected chi connectivity index (χ2v) is 10.2. The first-order valence-corrected chi connectivity index (χ1v) is 12.2. The fourth-order valence-electron chi connectivity index (χ4n) is 2.64. The van der Waals surface area contributed by atoms with Crippen molar-refractivity contribution in [3.63, 3.8) is 0 Å². The number of aromatic nitrogens is 1. The highest BCUT2D eigenvalue weighted by Crippen LogP contribution is 2.25. The van der Waals surface area contributed by atoms with E-state index in [-0.39, 0.29) is 11.4 Å². The molecule has 32 heavy (non-hydrogen) atoms. The number of nitrogens with one attached hydrogen (secondary N) is 1. The van der Waals surface area contributed by atoms with Gasteiger partial charge in [0.05, 0.1) is 23.3 Å². The number of sulfonamides is 1. The Labute approximate surface area is 204 Å². The molecular formula is C21H17BrCl2N4O3S. The summed E-state index contributed by atoms with van der Waals surface area (Å²) >= 11 is 15.5. The Bertz CT molecular complexity index is 1220. The molecule has 1 aromatic heterocycles. The molecule has 0 saturated heterocycles. The van der Waals surface area contributed by atoms with E-state index in [0.29, 0.717) is 21.3 Å². The quantitative estimate of drug-likeness (QED) is 0.327. The minimum Gasteiger partial charge on any atom is -0.272 e. The van der Waals surface area contributed by atoms with Crippen LogP contribution >= 0.6 is 39.1 Å². The fraction of sp³-hybridized carbons (Fsp3) is 0.0952. The van der Waals surface area contributed by atoms with E-state index in [9.17, 15) is 13.2 Å². The highest BCUT2D eigenvalue weighted by molar-refractivity contribution is 9.10. The number of amides is 1. The number of hydrogen-bond donors (Lipinski definition) is 1. The largest absolute Gasteiger partial charge is 0.272 e. The molecule has 0 aliphatic heterocycles. The van der Waals surface area contributed by atoms with Gasteiger partial charge < -0.3 is 0 Å². The third-order valence-electron chi connectivity index (χ3n) is 4.21. The Balaban J connectivity index is 1.83. The topological polar surface area (TPSA) is 91.7 Å². The maximum absolute atomic E-state index is 13.3. The first kappa shape index (κ1) is 24.3. The number of carbonyl (C=O) groups excluding carboxylic acids is 1. The van der Waals surface area contributed by atoms with Crippen LogP contribution in [0.1, 0.15) is 11.3 Å². The highest BCUT2D eigenvalue weighted by Gasteiger charge is 2.27. The molecule has 0 spiro atoms. The normalized spacial score (nSPS) is 11.8. The number of hydrazone groups is 1. The van der Waals surface area contributed by atoms with Crippen LogP contribution in [0.15, 0.2) is 81.3 Å². The van der Waals surface area contributed by atoms with E-state index >= 15 is 0 Å². The van der Waals surface area contributed by atoms with Gasteiger partial charge in [-0.05, 0) is 54.1 Å². The molecular weight excluding hydrogens is 539 g/mol. The number of nitrogens with zero attached hydrogens (tertiary/aromatic N) is 3.